The highest BCUT2D eigenvalue weighted by Crippen LogP contribution is 2.17. The Bertz CT molecular complexity index is 512. The maximum Gasteiger partial charge on any atom is 0.224 e. The molecule has 0 unspecified atom stereocenters. The van der Waals surface area contributed by atoms with Crippen molar-refractivity contribution in [2.45, 2.75) is 52.4 Å². The van der Waals surface area contributed by atoms with Gasteiger partial charge in [0.25, 0.3) is 0 Å². The van der Waals surface area contributed by atoms with Gasteiger partial charge in [-0.1, -0.05) is 50.5 Å². The van der Waals surface area contributed by atoms with Crippen molar-refractivity contribution in [2.24, 2.45) is 5.73 Å². The van der Waals surface area contributed by atoms with E-state index in [1.54, 1.807) is 0 Å². The van der Waals surface area contributed by atoms with Crippen molar-refractivity contribution in [3.8, 4) is 11.8 Å². The summed E-state index contributed by atoms with van der Waals surface area (Å²) in [6.45, 7) is 4.51. The molecule has 0 fully saturated rings. The number of nitrogens with one attached hydrogen (secondary N) is 1. The van der Waals surface area contributed by atoms with Gasteiger partial charge in [-0.3, -0.25) is 4.79 Å². The molecule has 0 atom stereocenters. The number of rotatable bonds is 7. The van der Waals surface area contributed by atoms with Gasteiger partial charge in [-0.2, -0.15) is 0 Å². The highest BCUT2D eigenvalue weighted by molar-refractivity contribution is 5.92. The van der Waals surface area contributed by atoms with Crippen LogP contribution >= 0.6 is 0 Å². The highest BCUT2D eigenvalue weighted by atomic mass is 16.1. The van der Waals surface area contributed by atoms with Crippen molar-refractivity contribution in [1.82, 2.24) is 0 Å². The van der Waals surface area contributed by atoms with Gasteiger partial charge in [-0.05, 0) is 31.0 Å². The second kappa shape index (κ2) is 10.0. The molecule has 1 aromatic carbocycles. The maximum atomic E-state index is 12.0. The minimum atomic E-state index is 0.0629. The van der Waals surface area contributed by atoms with E-state index in [2.05, 4.69) is 24.1 Å². The van der Waals surface area contributed by atoms with E-state index >= 15 is 0 Å². The average Bonchev–Trinajstić information content (AvgIpc) is 2.46. The monoisotopic (exact) mass is 286 g/mol. The van der Waals surface area contributed by atoms with Crippen LogP contribution in [0.2, 0.25) is 0 Å². The van der Waals surface area contributed by atoms with Crippen molar-refractivity contribution in [3.05, 3.63) is 29.3 Å². The van der Waals surface area contributed by atoms with Crippen LogP contribution in [0.1, 0.15) is 56.6 Å². The van der Waals surface area contributed by atoms with Crippen LogP contribution in [0.25, 0.3) is 0 Å². The van der Waals surface area contributed by atoms with Crippen LogP contribution in [0.3, 0.4) is 0 Å². The van der Waals surface area contributed by atoms with E-state index in [9.17, 15) is 4.79 Å². The molecule has 1 rings (SSSR count). The van der Waals surface area contributed by atoms with E-state index in [-0.39, 0.29) is 5.91 Å². The molecule has 0 spiro atoms. The first-order chi connectivity index (χ1) is 10.2. The molecule has 1 aromatic rings. The molecule has 0 aliphatic heterocycles. The van der Waals surface area contributed by atoms with Crippen molar-refractivity contribution in [3.63, 3.8) is 0 Å². The van der Waals surface area contributed by atoms with Gasteiger partial charge in [0.15, 0.2) is 0 Å². The first kappa shape index (κ1) is 17.3. The summed E-state index contributed by atoms with van der Waals surface area (Å²) in [5.41, 5.74) is 8.12. The second-order valence-corrected chi connectivity index (χ2v) is 5.27. The standard InChI is InChI=1S/C18H26N2O/c1-3-4-5-6-7-10-18(21)20-17-14-15(2)11-12-16(17)9-8-13-19/h11-12,14H,3-7,10,13,19H2,1-2H3,(H,20,21). The molecule has 3 N–H and O–H groups in total. The molecule has 3 nitrogen and oxygen atoms in total. The third-order valence-electron chi connectivity index (χ3n) is 3.28. The van der Waals surface area contributed by atoms with Gasteiger partial charge < -0.3 is 11.1 Å². The van der Waals surface area contributed by atoms with Crippen LogP contribution in [0.5, 0.6) is 0 Å². The van der Waals surface area contributed by atoms with Crippen LogP contribution in [0, 0.1) is 18.8 Å². The number of carbonyl (C=O) groups excluding carboxylic acids is 1. The van der Waals surface area contributed by atoms with Crippen molar-refractivity contribution >= 4 is 11.6 Å². The number of carbonyl (C=O) groups is 1. The molecule has 0 saturated carbocycles. The van der Waals surface area contributed by atoms with Crippen molar-refractivity contribution < 1.29 is 4.79 Å². The fourth-order valence-electron chi connectivity index (χ4n) is 2.12. The zero-order chi connectivity index (χ0) is 15.5. The zero-order valence-corrected chi connectivity index (χ0v) is 13.2. The molecule has 0 radical (unpaired) electrons. The van der Waals surface area contributed by atoms with Gasteiger partial charge in [-0.25, -0.2) is 0 Å². The van der Waals surface area contributed by atoms with E-state index in [0.717, 1.165) is 29.7 Å². The molecular weight excluding hydrogens is 260 g/mol. The molecule has 21 heavy (non-hydrogen) atoms. The van der Waals surface area contributed by atoms with Gasteiger partial charge in [0.05, 0.1) is 12.2 Å². The first-order valence-electron chi connectivity index (χ1n) is 7.76. The molecule has 0 bridgehead atoms. The van der Waals surface area contributed by atoms with Gasteiger partial charge in [0, 0.05) is 12.0 Å². The Morgan fingerprint density at radius 3 is 2.71 bits per heavy atom. The summed E-state index contributed by atoms with van der Waals surface area (Å²) in [6.07, 6.45) is 6.32. The molecule has 1 amide bonds. The fourth-order valence-corrected chi connectivity index (χ4v) is 2.12. The Morgan fingerprint density at radius 2 is 2.00 bits per heavy atom. The lowest BCUT2D eigenvalue weighted by Gasteiger charge is -2.09. The van der Waals surface area contributed by atoms with E-state index < -0.39 is 0 Å². The van der Waals surface area contributed by atoms with Crippen LogP contribution in [-0.4, -0.2) is 12.5 Å². The van der Waals surface area contributed by atoms with Gasteiger partial charge >= 0.3 is 0 Å². The molecule has 3 heteroatoms. The number of anilines is 1. The van der Waals surface area contributed by atoms with Gasteiger partial charge in [0.2, 0.25) is 5.91 Å². The topological polar surface area (TPSA) is 55.1 Å². The number of nitrogens with two attached hydrogens (primary N) is 1. The molecule has 0 saturated heterocycles. The number of amides is 1. The maximum absolute atomic E-state index is 12.0. The number of hydrogen-bond acceptors (Lipinski definition) is 2. The summed E-state index contributed by atoms with van der Waals surface area (Å²) in [7, 11) is 0. The lowest BCUT2D eigenvalue weighted by molar-refractivity contribution is -0.116. The smallest absolute Gasteiger partial charge is 0.224 e. The lowest BCUT2D eigenvalue weighted by Crippen LogP contribution is -2.12. The molecule has 0 heterocycles. The van der Waals surface area contributed by atoms with Gasteiger partial charge in [0.1, 0.15) is 0 Å². The van der Waals surface area contributed by atoms with Crippen molar-refractivity contribution in [1.29, 1.82) is 0 Å². The SMILES string of the molecule is CCCCCCCC(=O)Nc1cc(C)ccc1C#CCN. The number of benzene rings is 1. The Balaban J connectivity index is 2.56. The summed E-state index contributed by atoms with van der Waals surface area (Å²) in [4.78, 5) is 12.0. The second-order valence-electron chi connectivity index (χ2n) is 5.27. The van der Waals surface area contributed by atoms with Crippen molar-refractivity contribution in [2.75, 3.05) is 11.9 Å². The quantitative estimate of drug-likeness (QED) is 0.594. The predicted octanol–water partition coefficient (Wildman–Crippen LogP) is 3.60. The van der Waals surface area contributed by atoms with Crippen LogP contribution in [0.15, 0.2) is 18.2 Å². The Hall–Kier alpha value is -1.79. The average molecular weight is 286 g/mol. The third-order valence-corrected chi connectivity index (χ3v) is 3.28. The molecule has 0 aliphatic carbocycles. The largest absolute Gasteiger partial charge is 0.325 e. The summed E-state index contributed by atoms with van der Waals surface area (Å²) in [6, 6.07) is 5.87. The van der Waals surface area contributed by atoms with Crippen LogP contribution in [-0.2, 0) is 4.79 Å². The van der Waals surface area contributed by atoms with E-state index in [4.69, 9.17) is 5.73 Å². The van der Waals surface area contributed by atoms with E-state index in [1.807, 2.05) is 25.1 Å². The Morgan fingerprint density at radius 1 is 1.24 bits per heavy atom. The third kappa shape index (κ3) is 6.97. The summed E-state index contributed by atoms with van der Waals surface area (Å²) < 4.78 is 0. The minimum Gasteiger partial charge on any atom is -0.325 e. The predicted molar refractivity (Wildman–Crippen MR) is 89.1 cm³/mol. The summed E-state index contributed by atoms with van der Waals surface area (Å²) in [5.74, 6) is 5.89. The van der Waals surface area contributed by atoms with Crippen LogP contribution < -0.4 is 11.1 Å². The molecule has 0 aromatic heterocycles. The van der Waals surface area contributed by atoms with Crippen LogP contribution in [0.4, 0.5) is 5.69 Å². The molecular formula is C18H26N2O. The lowest BCUT2D eigenvalue weighted by atomic mass is 10.1. The molecule has 114 valence electrons. The Kier molecular flexibility index (Phi) is 8.23. The van der Waals surface area contributed by atoms with Gasteiger partial charge in [-0.15, -0.1) is 0 Å². The highest BCUT2D eigenvalue weighted by Gasteiger charge is 2.06. The molecule has 0 aliphatic rings. The first-order valence-corrected chi connectivity index (χ1v) is 7.76. The van der Waals surface area contributed by atoms with E-state index in [0.29, 0.717) is 13.0 Å². The number of aryl methyl sites for hydroxylation is 1. The normalized spacial score (nSPS) is 9.86. The fraction of sp³-hybridized carbons (Fsp3) is 0.500. The Labute approximate surface area is 128 Å². The number of hydrogen-bond donors (Lipinski definition) is 2. The minimum absolute atomic E-state index is 0.0629. The zero-order valence-electron chi connectivity index (χ0n) is 13.2. The summed E-state index contributed by atoms with van der Waals surface area (Å²) >= 11 is 0. The summed E-state index contributed by atoms with van der Waals surface area (Å²) in [5, 5.41) is 2.97. The number of unbranched alkanes of at least 4 members (excludes halogenated alkanes) is 4. The van der Waals surface area contributed by atoms with E-state index in [1.165, 1.54) is 19.3 Å².